The molecule has 6 nitrogen and oxygen atoms in total. The molecule has 2 rings (SSSR count). The third-order valence-corrected chi connectivity index (χ3v) is 2.63. The van der Waals surface area contributed by atoms with E-state index >= 15 is 0 Å². The number of carbonyl (C=O) groups is 1. The van der Waals surface area contributed by atoms with E-state index in [-0.39, 0.29) is 18.5 Å². The predicted molar refractivity (Wildman–Crippen MR) is 76.2 cm³/mol. The highest BCUT2D eigenvalue weighted by atomic mass is 16.5. The van der Waals surface area contributed by atoms with Crippen LogP contribution < -0.4 is 10.6 Å². The van der Waals surface area contributed by atoms with Gasteiger partial charge in [-0.25, -0.2) is 0 Å². The third kappa shape index (κ3) is 3.64. The van der Waals surface area contributed by atoms with Crippen molar-refractivity contribution in [3.05, 3.63) is 30.1 Å². The molecule has 0 spiro atoms. The van der Waals surface area contributed by atoms with E-state index in [2.05, 4.69) is 20.8 Å². The molecule has 2 aromatic rings. The van der Waals surface area contributed by atoms with E-state index in [1.165, 1.54) is 0 Å². The van der Waals surface area contributed by atoms with Crippen LogP contribution in [0.25, 0.3) is 11.5 Å². The lowest BCUT2D eigenvalue weighted by Crippen LogP contribution is -2.32. The Balaban J connectivity index is 2.14. The van der Waals surface area contributed by atoms with E-state index in [0.29, 0.717) is 23.0 Å². The normalized spacial score (nSPS) is 10.8. The van der Waals surface area contributed by atoms with Crippen LogP contribution in [0.3, 0.4) is 0 Å². The van der Waals surface area contributed by atoms with E-state index in [4.69, 9.17) is 4.52 Å². The third-order valence-electron chi connectivity index (χ3n) is 2.63. The number of hydrogen-bond donors (Lipinski definition) is 2. The molecule has 0 fully saturated rings. The van der Waals surface area contributed by atoms with E-state index < -0.39 is 0 Å². The second-order valence-corrected chi connectivity index (χ2v) is 4.78. The molecule has 0 unspecified atom stereocenters. The minimum absolute atomic E-state index is 0.109. The molecule has 0 radical (unpaired) electrons. The Morgan fingerprint density at radius 3 is 2.75 bits per heavy atom. The highest BCUT2D eigenvalue weighted by Gasteiger charge is 2.13. The van der Waals surface area contributed by atoms with Gasteiger partial charge in [-0.3, -0.25) is 4.79 Å². The first-order valence-electron chi connectivity index (χ1n) is 6.49. The molecule has 1 aromatic carbocycles. The van der Waals surface area contributed by atoms with Crippen LogP contribution in [0.2, 0.25) is 0 Å². The first-order chi connectivity index (χ1) is 9.56. The zero-order valence-electron chi connectivity index (χ0n) is 11.8. The summed E-state index contributed by atoms with van der Waals surface area (Å²) < 4.78 is 5.14. The van der Waals surface area contributed by atoms with Crippen LogP contribution in [-0.2, 0) is 4.79 Å². The Hall–Kier alpha value is -2.21. The molecule has 0 atom stereocenters. The summed E-state index contributed by atoms with van der Waals surface area (Å²) in [5, 5.41) is 9.67. The zero-order valence-corrected chi connectivity index (χ0v) is 11.8. The molecule has 20 heavy (non-hydrogen) atoms. The van der Waals surface area contributed by atoms with Gasteiger partial charge in [0, 0.05) is 6.04 Å². The molecule has 1 heterocycles. The largest absolute Gasteiger partial charge is 0.334 e. The summed E-state index contributed by atoms with van der Waals surface area (Å²) in [5.74, 6) is 0.847. The standard InChI is InChI=1S/C14H18N4O2/c1-9(2)15-8-13(19)17-12-7-5-4-6-11(12)14-16-10(3)18-20-14/h4-7,9,15H,8H2,1-3H3,(H,17,19). The van der Waals surface area contributed by atoms with E-state index in [0.717, 1.165) is 0 Å². The van der Waals surface area contributed by atoms with Gasteiger partial charge in [-0.1, -0.05) is 31.1 Å². The van der Waals surface area contributed by atoms with Gasteiger partial charge in [-0.15, -0.1) is 0 Å². The Labute approximate surface area is 117 Å². The van der Waals surface area contributed by atoms with Crippen molar-refractivity contribution in [3.63, 3.8) is 0 Å². The van der Waals surface area contributed by atoms with Gasteiger partial charge in [0.15, 0.2) is 5.82 Å². The molecule has 0 bridgehead atoms. The minimum atomic E-state index is -0.109. The molecule has 106 valence electrons. The van der Waals surface area contributed by atoms with Crippen LogP contribution in [0, 0.1) is 6.92 Å². The van der Waals surface area contributed by atoms with Crippen molar-refractivity contribution in [3.8, 4) is 11.5 Å². The summed E-state index contributed by atoms with van der Waals surface area (Å²) in [7, 11) is 0. The molecule has 1 amide bonds. The van der Waals surface area contributed by atoms with Gasteiger partial charge in [0.05, 0.1) is 17.8 Å². The van der Waals surface area contributed by atoms with Crippen LogP contribution in [-0.4, -0.2) is 28.6 Å². The number of aromatic nitrogens is 2. The fraction of sp³-hybridized carbons (Fsp3) is 0.357. The molecule has 0 saturated heterocycles. The SMILES string of the molecule is Cc1noc(-c2ccccc2NC(=O)CNC(C)C)n1. The fourth-order valence-corrected chi connectivity index (χ4v) is 1.68. The molecular formula is C14H18N4O2. The highest BCUT2D eigenvalue weighted by Crippen LogP contribution is 2.26. The number of aryl methyl sites for hydroxylation is 1. The lowest BCUT2D eigenvalue weighted by molar-refractivity contribution is -0.115. The number of nitrogens with one attached hydrogen (secondary N) is 2. The second-order valence-electron chi connectivity index (χ2n) is 4.78. The number of para-hydroxylation sites is 1. The molecular weight excluding hydrogens is 256 g/mol. The smallest absolute Gasteiger partial charge is 0.260 e. The monoisotopic (exact) mass is 274 g/mol. The van der Waals surface area contributed by atoms with Gasteiger partial charge in [0.25, 0.3) is 5.89 Å². The minimum Gasteiger partial charge on any atom is -0.334 e. The van der Waals surface area contributed by atoms with Gasteiger partial charge < -0.3 is 15.2 Å². The molecule has 1 aromatic heterocycles. The van der Waals surface area contributed by atoms with Crippen LogP contribution in [0.15, 0.2) is 28.8 Å². The average molecular weight is 274 g/mol. The van der Waals surface area contributed by atoms with Crippen molar-refractivity contribution < 1.29 is 9.32 Å². The number of nitrogens with zero attached hydrogens (tertiary/aromatic N) is 2. The molecule has 0 aliphatic carbocycles. The molecule has 0 saturated carbocycles. The Morgan fingerprint density at radius 1 is 1.35 bits per heavy atom. The average Bonchev–Trinajstić information content (AvgIpc) is 2.83. The van der Waals surface area contributed by atoms with Crippen molar-refractivity contribution in [1.82, 2.24) is 15.5 Å². The maximum atomic E-state index is 11.9. The summed E-state index contributed by atoms with van der Waals surface area (Å²) in [4.78, 5) is 16.0. The van der Waals surface area contributed by atoms with Gasteiger partial charge in [0.2, 0.25) is 5.91 Å². The lowest BCUT2D eigenvalue weighted by Gasteiger charge is -2.10. The van der Waals surface area contributed by atoms with Gasteiger partial charge in [0.1, 0.15) is 0 Å². The fourth-order valence-electron chi connectivity index (χ4n) is 1.68. The lowest BCUT2D eigenvalue weighted by atomic mass is 10.1. The quantitative estimate of drug-likeness (QED) is 0.871. The summed E-state index contributed by atoms with van der Waals surface area (Å²) in [5.41, 5.74) is 1.37. The van der Waals surface area contributed by atoms with Crippen LogP contribution in [0.1, 0.15) is 19.7 Å². The van der Waals surface area contributed by atoms with E-state index in [1.54, 1.807) is 6.92 Å². The number of rotatable bonds is 5. The van der Waals surface area contributed by atoms with Crippen LogP contribution >= 0.6 is 0 Å². The maximum absolute atomic E-state index is 11.9. The number of carbonyl (C=O) groups excluding carboxylic acids is 1. The first kappa shape index (κ1) is 14.2. The predicted octanol–water partition coefficient (Wildman–Crippen LogP) is 1.98. The number of hydrogen-bond acceptors (Lipinski definition) is 5. The topological polar surface area (TPSA) is 80.0 Å². The van der Waals surface area contributed by atoms with Crippen molar-refractivity contribution in [2.75, 3.05) is 11.9 Å². The van der Waals surface area contributed by atoms with Crippen molar-refractivity contribution >= 4 is 11.6 Å². The van der Waals surface area contributed by atoms with Crippen LogP contribution in [0.4, 0.5) is 5.69 Å². The molecule has 0 aliphatic heterocycles. The Kier molecular flexibility index (Phi) is 4.47. The van der Waals surface area contributed by atoms with Gasteiger partial charge in [-0.05, 0) is 19.1 Å². The first-order valence-corrected chi connectivity index (χ1v) is 6.49. The second kappa shape index (κ2) is 6.29. The summed E-state index contributed by atoms with van der Waals surface area (Å²) in [6.07, 6.45) is 0. The molecule has 6 heteroatoms. The van der Waals surface area contributed by atoms with E-state index in [1.807, 2.05) is 38.1 Å². The summed E-state index contributed by atoms with van der Waals surface area (Å²) >= 11 is 0. The molecule has 0 aliphatic rings. The van der Waals surface area contributed by atoms with Crippen molar-refractivity contribution in [1.29, 1.82) is 0 Å². The van der Waals surface area contributed by atoms with Gasteiger partial charge >= 0.3 is 0 Å². The van der Waals surface area contributed by atoms with Gasteiger partial charge in [-0.2, -0.15) is 4.98 Å². The number of anilines is 1. The van der Waals surface area contributed by atoms with Crippen molar-refractivity contribution in [2.45, 2.75) is 26.8 Å². The molecule has 2 N–H and O–H groups in total. The number of amides is 1. The summed E-state index contributed by atoms with van der Waals surface area (Å²) in [6.45, 7) is 5.99. The van der Waals surface area contributed by atoms with Crippen molar-refractivity contribution in [2.24, 2.45) is 0 Å². The van der Waals surface area contributed by atoms with Crippen LogP contribution in [0.5, 0.6) is 0 Å². The Morgan fingerprint density at radius 2 is 2.10 bits per heavy atom. The summed E-state index contributed by atoms with van der Waals surface area (Å²) in [6, 6.07) is 7.60. The highest BCUT2D eigenvalue weighted by molar-refractivity contribution is 5.95. The number of benzene rings is 1. The van der Waals surface area contributed by atoms with E-state index in [9.17, 15) is 4.79 Å². The maximum Gasteiger partial charge on any atom is 0.260 e. The Bertz CT molecular complexity index is 592. The zero-order chi connectivity index (χ0) is 14.5.